The number of alkyl halides is 4. The van der Waals surface area contributed by atoms with Gasteiger partial charge in [0.1, 0.15) is 0 Å². The Morgan fingerprint density at radius 1 is 1.53 bits per heavy atom. The summed E-state index contributed by atoms with van der Waals surface area (Å²) in [5.74, 6) is -1.72. The molecule has 1 rings (SSSR count). The second-order valence-electron chi connectivity index (χ2n) is 2.69. The summed E-state index contributed by atoms with van der Waals surface area (Å²) < 4.78 is 51.3. The first-order chi connectivity index (χ1) is 7.74. The van der Waals surface area contributed by atoms with Gasteiger partial charge in [-0.05, 0) is 32.5 Å². The Labute approximate surface area is 105 Å². The average molecular weight is 366 g/mol. The fourth-order valence-corrected chi connectivity index (χ4v) is 1.51. The minimum absolute atomic E-state index is 0.442. The number of pyridine rings is 1. The van der Waals surface area contributed by atoms with Crippen molar-refractivity contribution >= 4 is 28.4 Å². The number of nitrogens with zero attached hydrogens (tertiary/aromatic N) is 2. The highest BCUT2D eigenvalue weighted by atomic mass is 127. The molecule has 0 saturated carbocycles. The van der Waals surface area contributed by atoms with Crippen molar-refractivity contribution in [2.45, 2.75) is 13.0 Å². The van der Waals surface area contributed by atoms with Crippen LogP contribution in [0.15, 0.2) is 6.07 Å². The minimum Gasteiger partial charge on any atom is -0.404 e. The summed E-state index contributed by atoms with van der Waals surface area (Å²) in [4.78, 5) is 12.7. The first-order valence-corrected chi connectivity index (χ1v) is 4.98. The summed E-state index contributed by atoms with van der Waals surface area (Å²) >= 11 is 1.28. The van der Waals surface area contributed by atoms with Crippen molar-refractivity contribution in [2.24, 2.45) is 0 Å². The molecule has 17 heavy (non-hydrogen) atoms. The Morgan fingerprint density at radius 2 is 2.12 bits per heavy atom. The predicted octanol–water partition coefficient (Wildman–Crippen LogP) is 2.96. The fraction of sp³-hybridized carbons (Fsp3) is 0.286. The van der Waals surface area contributed by atoms with E-state index in [1.54, 1.807) is 0 Å². The van der Waals surface area contributed by atoms with Crippen LogP contribution in [0.4, 0.5) is 23.4 Å². The number of halogens is 5. The second-order valence-corrected chi connectivity index (χ2v) is 3.77. The Morgan fingerprint density at radius 3 is 2.53 bits per heavy atom. The number of rotatable bonds is 3. The topological polar surface area (TPSA) is 65.3 Å². The van der Waals surface area contributed by atoms with Gasteiger partial charge in [0.05, 0.1) is 0 Å². The minimum atomic E-state index is -5.01. The maximum Gasteiger partial charge on any atom is 0.573 e. The van der Waals surface area contributed by atoms with Gasteiger partial charge in [-0.15, -0.1) is 13.2 Å². The normalized spacial score (nSPS) is 11.4. The van der Waals surface area contributed by atoms with E-state index < -0.39 is 38.8 Å². The molecule has 94 valence electrons. The van der Waals surface area contributed by atoms with E-state index in [1.807, 2.05) is 0 Å². The van der Waals surface area contributed by atoms with Crippen LogP contribution in [0.5, 0.6) is 5.75 Å². The van der Waals surface area contributed by atoms with E-state index in [1.165, 1.54) is 22.6 Å². The fourth-order valence-electron chi connectivity index (χ4n) is 0.931. The summed E-state index contributed by atoms with van der Waals surface area (Å²) in [6.07, 6.45) is -5.01. The van der Waals surface area contributed by atoms with E-state index >= 15 is 0 Å². The molecule has 1 aromatic heterocycles. The Bertz CT molecular complexity index is 451. The van der Waals surface area contributed by atoms with Gasteiger partial charge >= 0.3 is 12.2 Å². The van der Waals surface area contributed by atoms with Gasteiger partial charge in [-0.3, -0.25) is 0 Å². The monoisotopic (exact) mass is 366 g/mol. The lowest BCUT2D eigenvalue weighted by Crippen LogP contribution is -2.18. The van der Waals surface area contributed by atoms with Crippen LogP contribution in [0.3, 0.4) is 0 Å². The molecule has 5 nitrogen and oxygen atoms in total. The molecule has 0 saturated heterocycles. The molecule has 0 amide bonds. The van der Waals surface area contributed by atoms with Crippen LogP contribution in [0, 0.1) is 13.7 Å². The lowest BCUT2D eigenvalue weighted by Gasteiger charge is -2.10. The van der Waals surface area contributed by atoms with E-state index in [0.717, 1.165) is 0 Å². The van der Waals surface area contributed by atoms with Crippen LogP contribution in [-0.2, 0) is 6.67 Å². The van der Waals surface area contributed by atoms with Crippen molar-refractivity contribution < 1.29 is 27.2 Å². The van der Waals surface area contributed by atoms with Crippen molar-refractivity contribution in [3.63, 3.8) is 0 Å². The van der Waals surface area contributed by atoms with E-state index in [-0.39, 0.29) is 0 Å². The molecule has 0 aliphatic carbocycles. The van der Waals surface area contributed by atoms with Gasteiger partial charge in [0.2, 0.25) is 0 Å². The molecule has 0 aliphatic rings. The van der Waals surface area contributed by atoms with Gasteiger partial charge < -0.3 is 14.9 Å². The number of aromatic nitrogens is 1. The summed E-state index contributed by atoms with van der Waals surface area (Å²) in [6.45, 7) is -1.23. The lowest BCUT2D eigenvalue weighted by molar-refractivity contribution is -0.390. The van der Waals surface area contributed by atoms with E-state index in [2.05, 4.69) is 9.72 Å². The molecule has 10 heteroatoms. The van der Waals surface area contributed by atoms with Crippen molar-refractivity contribution in [3.05, 3.63) is 25.4 Å². The van der Waals surface area contributed by atoms with Crippen molar-refractivity contribution in [3.8, 4) is 5.75 Å². The van der Waals surface area contributed by atoms with Gasteiger partial charge in [0, 0.05) is 6.07 Å². The van der Waals surface area contributed by atoms with Crippen LogP contribution in [0.1, 0.15) is 5.69 Å². The molecule has 0 atom stereocenters. The average Bonchev–Trinajstić information content (AvgIpc) is 2.18. The van der Waals surface area contributed by atoms with Gasteiger partial charge in [0.15, 0.2) is 21.7 Å². The molecule has 0 unspecified atom stereocenters. The Kier molecular flexibility index (Phi) is 4.06. The zero-order valence-corrected chi connectivity index (χ0v) is 9.95. The van der Waals surface area contributed by atoms with E-state index in [4.69, 9.17) is 0 Å². The summed E-state index contributed by atoms with van der Waals surface area (Å²) in [6, 6.07) is 0.669. The SMILES string of the molecule is O=[N+]([O-])c1nc(CF)cc(OC(F)(F)F)c1I. The molecular formula is C7H3F4IN2O3. The number of ether oxygens (including phenoxy) is 1. The van der Waals surface area contributed by atoms with Crippen molar-refractivity contribution in [1.82, 2.24) is 4.98 Å². The van der Waals surface area contributed by atoms with Crippen LogP contribution in [0.25, 0.3) is 0 Å². The molecule has 0 spiro atoms. The highest BCUT2D eigenvalue weighted by molar-refractivity contribution is 14.1. The molecular weight excluding hydrogens is 363 g/mol. The van der Waals surface area contributed by atoms with Crippen LogP contribution in [-0.4, -0.2) is 16.3 Å². The van der Waals surface area contributed by atoms with Gasteiger partial charge in [-0.2, -0.15) is 0 Å². The third-order valence-electron chi connectivity index (χ3n) is 1.50. The smallest absolute Gasteiger partial charge is 0.404 e. The van der Waals surface area contributed by atoms with Crippen LogP contribution in [0.2, 0.25) is 0 Å². The molecule has 0 aliphatic heterocycles. The van der Waals surface area contributed by atoms with Gasteiger partial charge in [-0.25, -0.2) is 4.39 Å². The van der Waals surface area contributed by atoms with Gasteiger partial charge in [0.25, 0.3) is 0 Å². The number of hydrogen-bond donors (Lipinski definition) is 0. The predicted molar refractivity (Wildman–Crippen MR) is 55.1 cm³/mol. The van der Waals surface area contributed by atoms with Crippen LogP contribution < -0.4 is 4.74 Å². The van der Waals surface area contributed by atoms with Crippen LogP contribution >= 0.6 is 22.6 Å². The van der Waals surface area contributed by atoms with E-state index in [0.29, 0.717) is 6.07 Å². The zero-order valence-electron chi connectivity index (χ0n) is 7.79. The highest BCUT2D eigenvalue weighted by Crippen LogP contribution is 2.33. The molecule has 0 bridgehead atoms. The molecule has 1 aromatic rings. The standard InChI is InChI=1S/C7H3F4IN2O3/c8-2-3-1-4(17-7(9,10)11)5(12)6(13-3)14(15)16/h1H,2H2. The molecule has 0 fully saturated rings. The maximum atomic E-state index is 12.3. The number of hydrogen-bond acceptors (Lipinski definition) is 4. The second kappa shape index (κ2) is 4.98. The first kappa shape index (κ1) is 13.9. The molecule has 0 N–H and O–H groups in total. The zero-order chi connectivity index (χ0) is 13.2. The highest BCUT2D eigenvalue weighted by Gasteiger charge is 2.34. The summed E-state index contributed by atoms with van der Waals surface area (Å²) in [5, 5.41) is 10.5. The number of nitro groups is 1. The summed E-state index contributed by atoms with van der Waals surface area (Å²) in [5.41, 5.74) is -0.503. The Hall–Kier alpha value is -1.20. The molecule has 0 radical (unpaired) electrons. The quantitative estimate of drug-likeness (QED) is 0.357. The van der Waals surface area contributed by atoms with E-state index in [9.17, 15) is 27.7 Å². The first-order valence-electron chi connectivity index (χ1n) is 3.90. The molecule has 0 aromatic carbocycles. The maximum absolute atomic E-state index is 12.3. The Balaban J connectivity index is 3.29. The van der Waals surface area contributed by atoms with Crippen molar-refractivity contribution in [1.29, 1.82) is 0 Å². The third-order valence-corrected chi connectivity index (χ3v) is 2.51. The third kappa shape index (κ3) is 3.64. The van der Waals surface area contributed by atoms with Gasteiger partial charge in [-0.1, -0.05) is 0 Å². The lowest BCUT2D eigenvalue weighted by atomic mass is 10.3. The molecule has 1 heterocycles. The van der Waals surface area contributed by atoms with Crippen molar-refractivity contribution in [2.75, 3.05) is 0 Å². The largest absolute Gasteiger partial charge is 0.573 e. The summed E-state index contributed by atoms with van der Waals surface area (Å²) in [7, 11) is 0.